The number of hydrogen-bond donors (Lipinski definition) is 2. The second kappa shape index (κ2) is 8.67. The van der Waals surface area contributed by atoms with E-state index in [-0.39, 0.29) is 0 Å². The van der Waals surface area contributed by atoms with E-state index in [0.717, 1.165) is 18.6 Å². The van der Waals surface area contributed by atoms with Crippen molar-refractivity contribution in [1.29, 1.82) is 0 Å². The highest BCUT2D eigenvalue weighted by Gasteiger charge is 2.31. The van der Waals surface area contributed by atoms with Gasteiger partial charge < -0.3 is 15.2 Å². The summed E-state index contributed by atoms with van der Waals surface area (Å²) in [4.78, 5) is 11.4. The van der Waals surface area contributed by atoms with Crippen molar-refractivity contribution in [2.75, 3.05) is 13.2 Å². The Labute approximate surface area is 127 Å². The first-order valence-electron chi connectivity index (χ1n) is 7.72. The third-order valence-corrected chi connectivity index (χ3v) is 3.67. The SMILES string of the molecule is CCCNC(C)(CCCOc1ccccc1CC)C(=O)O. The molecule has 0 aliphatic heterocycles. The number of nitrogens with one attached hydrogen (secondary N) is 1. The van der Waals surface area contributed by atoms with Crippen LogP contribution in [0.3, 0.4) is 0 Å². The van der Waals surface area contributed by atoms with Gasteiger partial charge in [0.1, 0.15) is 11.3 Å². The summed E-state index contributed by atoms with van der Waals surface area (Å²) in [5.41, 5.74) is 0.312. The molecule has 0 heterocycles. The van der Waals surface area contributed by atoms with Crippen LogP contribution in [0.15, 0.2) is 24.3 Å². The molecule has 21 heavy (non-hydrogen) atoms. The minimum atomic E-state index is -0.871. The molecule has 2 N–H and O–H groups in total. The Morgan fingerprint density at radius 2 is 2.05 bits per heavy atom. The van der Waals surface area contributed by atoms with Crippen LogP contribution in [0, 0.1) is 0 Å². The average Bonchev–Trinajstić information content (AvgIpc) is 2.49. The minimum absolute atomic E-state index is 0.535. The van der Waals surface area contributed by atoms with Crippen molar-refractivity contribution in [3.05, 3.63) is 29.8 Å². The van der Waals surface area contributed by atoms with E-state index in [1.807, 2.05) is 25.1 Å². The maximum atomic E-state index is 11.4. The van der Waals surface area contributed by atoms with E-state index in [2.05, 4.69) is 18.3 Å². The van der Waals surface area contributed by atoms with Crippen molar-refractivity contribution >= 4 is 5.97 Å². The van der Waals surface area contributed by atoms with Crippen LogP contribution in [0.2, 0.25) is 0 Å². The molecule has 0 bridgehead atoms. The summed E-state index contributed by atoms with van der Waals surface area (Å²) in [5.74, 6) is 0.100. The molecular weight excluding hydrogens is 266 g/mol. The molecule has 1 rings (SSSR count). The molecular formula is C17H27NO3. The van der Waals surface area contributed by atoms with E-state index >= 15 is 0 Å². The zero-order valence-corrected chi connectivity index (χ0v) is 13.3. The summed E-state index contributed by atoms with van der Waals surface area (Å²) >= 11 is 0. The predicted octanol–water partition coefficient (Wildman–Crippen LogP) is 3.25. The van der Waals surface area contributed by atoms with E-state index in [9.17, 15) is 9.90 Å². The zero-order chi connectivity index (χ0) is 15.7. The second-order valence-electron chi connectivity index (χ2n) is 5.48. The van der Waals surface area contributed by atoms with Crippen LogP contribution in [-0.4, -0.2) is 29.8 Å². The first kappa shape index (κ1) is 17.5. The standard InChI is InChI=1S/C17H27NO3/c1-4-12-18-17(3,16(19)20)11-8-13-21-15-10-7-6-9-14(15)5-2/h6-7,9-10,18H,4-5,8,11-13H2,1-3H3,(H,19,20). The maximum absolute atomic E-state index is 11.4. The number of rotatable bonds is 10. The average molecular weight is 293 g/mol. The molecule has 118 valence electrons. The first-order chi connectivity index (χ1) is 10.0. The third-order valence-electron chi connectivity index (χ3n) is 3.67. The molecule has 4 heteroatoms. The van der Waals surface area contributed by atoms with E-state index in [1.165, 1.54) is 5.56 Å². The molecule has 1 unspecified atom stereocenters. The molecule has 1 aromatic carbocycles. The highest BCUT2D eigenvalue weighted by Crippen LogP contribution is 2.19. The van der Waals surface area contributed by atoms with Crippen molar-refractivity contribution in [3.8, 4) is 5.75 Å². The molecule has 0 radical (unpaired) electrons. The Bertz CT molecular complexity index is 447. The maximum Gasteiger partial charge on any atom is 0.323 e. The fourth-order valence-corrected chi connectivity index (χ4v) is 2.22. The van der Waals surface area contributed by atoms with Gasteiger partial charge in [0.15, 0.2) is 0 Å². The van der Waals surface area contributed by atoms with Crippen LogP contribution >= 0.6 is 0 Å². The van der Waals surface area contributed by atoms with Gasteiger partial charge in [0.05, 0.1) is 6.61 Å². The Morgan fingerprint density at radius 3 is 2.67 bits per heavy atom. The van der Waals surface area contributed by atoms with Gasteiger partial charge in [-0.1, -0.05) is 32.0 Å². The number of carbonyl (C=O) groups is 1. The van der Waals surface area contributed by atoms with Gasteiger partial charge >= 0.3 is 5.97 Å². The van der Waals surface area contributed by atoms with Gasteiger partial charge in [-0.15, -0.1) is 0 Å². The van der Waals surface area contributed by atoms with Crippen molar-refractivity contribution in [2.45, 2.75) is 52.0 Å². The van der Waals surface area contributed by atoms with Gasteiger partial charge in [-0.05, 0) is 50.8 Å². The molecule has 0 aliphatic carbocycles. The fourth-order valence-electron chi connectivity index (χ4n) is 2.22. The zero-order valence-electron chi connectivity index (χ0n) is 13.3. The Morgan fingerprint density at radius 1 is 1.33 bits per heavy atom. The van der Waals surface area contributed by atoms with Crippen LogP contribution in [0.5, 0.6) is 5.75 Å². The molecule has 0 spiro atoms. The lowest BCUT2D eigenvalue weighted by atomic mass is 9.96. The smallest absolute Gasteiger partial charge is 0.323 e. The van der Waals surface area contributed by atoms with Crippen LogP contribution in [0.4, 0.5) is 0 Å². The Balaban J connectivity index is 2.46. The summed E-state index contributed by atoms with van der Waals surface area (Å²) in [6.07, 6.45) is 3.11. The number of hydrogen-bond acceptors (Lipinski definition) is 3. The number of ether oxygens (including phenoxy) is 1. The molecule has 1 aromatic rings. The van der Waals surface area contributed by atoms with E-state index in [1.54, 1.807) is 6.92 Å². The molecule has 0 fully saturated rings. The highest BCUT2D eigenvalue weighted by molar-refractivity contribution is 5.78. The van der Waals surface area contributed by atoms with E-state index < -0.39 is 11.5 Å². The third kappa shape index (κ3) is 5.38. The lowest BCUT2D eigenvalue weighted by molar-refractivity contribution is -0.144. The van der Waals surface area contributed by atoms with Crippen LogP contribution < -0.4 is 10.1 Å². The van der Waals surface area contributed by atoms with Crippen molar-refractivity contribution in [2.24, 2.45) is 0 Å². The molecule has 1 atom stereocenters. The summed E-state index contributed by atoms with van der Waals surface area (Å²) in [7, 11) is 0. The predicted molar refractivity (Wildman–Crippen MR) is 84.9 cm³/mol. The fraction of sp³-hybridized carbons (Fsp3) is 0.588. The molecule has 0 aromatic heterocycles. The second-order valence-corrected chi connectivity index (χ2v) is 5.48. The molecule has 0 saturated carbocycles. The molecule has 0 aliphatic rings. The molecule has 0 saturated heterocycles. The number of aliphatic carboxylic acids is 1. The minimum Gasteiger partial charge on any atom is -0.493 e. The van der Waals surface area contributed by atoms with Gasteiger partial charge in [-0.2, -0.15) is 0 Å². The van der Waals surface area contributed by atoms with Crippen molar-refractivity contribution in [3.63, 3.8) is 0 Å². The van der Waals surface area contributed by atoms with Crippen molar-refractivity contribution in [1.82, 2.24) is 5.32 Å². The van der Waals surface area contributed by atoms with Crippen molar-refractivity contribution < 1.29 is 14.6 Å². The first-order valence-corrected chi connectivity index (χ1v) is 7.72. The summed E-state index contributed by atoms with van der Waals surface area (Å²) in [6.45, 7) is 7.11. The van der Waals surface area contributed by atoms with Gasteiger partial charge in [0.2, 0.25) is 0 Å². The lowest BCUT2D eigenvalue weighted by Crippen LogP contribution is -2.49. The molecule has 0 amide bonds. The van der Waals surface area contributed by atoms with Crippen LogP contribution in [-0.2, 0) is 11.2 Å². The highest BCUT2D eigenvalue weighted by atomic mass is 16.5. The summed E-state index contributed by atoms with van der Waals surface area (Å²) in [5, 5.41) is 12.5. The molecule has 4 nitrogen and oxygen atoms in total. The number of benzene rings is 1. The Kier molecular flexibility index (Phi) is 7.23. The summed E-state index contributed by atoms with van der Waals surface area (Å²) < 4.78 is 5.79. The van der Waals surface area contributed by atoms with Crippen LogP contribution in [0.25, 0.3) is 0 Å². The van der Waals surface area contributed by atoms with Gasteiger partial charge in [0.25, 0.3) is 0 Å². The largest absolute Gasteiger partial charge is 0.493 e. The number of carboxylic acids is 1. The lowest BCUT2D eigenvalue weighted by Gasteiger charge is -2.26. The monoisotopic (exact) mass is 293 g/mol. The topological polar surface area (TPSA) is 58.6 Å². The normalized spacial score (nSPS) is 13.7. The van der Waals surface area contributed by atoms with E-state index in [0.29, 0.717) is 26.0 Å². The van der Waals surface area contributed by atoms with Gasteiger partial charge in [0, 0.05) is 0 Å². The quantitative estimate of drug-likeness (QED) is 0.650. The van der Waals surface area contributed by atoms with Crippen LogP contribution in [0.1, 0.15) is 45.6 Å². The number of para-hydroxylation sites is 1. The van der Waals surface area contributed by atoms with E-state index in [4.69, 9.17) is 4.74 Å². The van der Waals surface area contributed by atoms with Gasteiger partial charge in [-0.25, -0.2) is 0 Å². The number of aryl methyl sites for hydroxylation is 1. The van der Waals surface area contributed by atoms with Gasteiger partial charge in [-0.3, -0.25) is 4.79 Å². The summed E-state index contributed by atoms with van der Waals surface area (Å²) in [6, 6.07) is 7.98. The Hall–Kier alpha value is -1.55. The number of carboxylic acid groups (broad SMARTS) is 1.